The number of halogens is 1. The van der Waals surface area contributed by atoms with E-state index in [1.807, 2.05) is 19.2 Å². The fourth-order valence-corrected chi connectivity index (χ4v) is 2.00. The van der Waals surface area contributed by atoms with Crippen LogP contribution in [0.3, 0.4) is 0 Å². The first kappa shape index (κ1) is 12.6. The highest BCUT2D eigenvalue weighted by Gasteiger charge is 2.11. The average molecular weight is 265 g/mol. The molecule has 1 heterocycles. The van der Waals surface area contributed by atoms with Crippen molar-refractivity contribution in [1.82, 2.24) is 15.1 Å². The summed E-state index contributed by atoms with van der Waals surface area (Å²) in [7, 11) is 1.85. The van der Waals surface area contributed by atoms with Gasteiger partial charge in [0.2, 0.25) is 0 Å². The molecule has 2 rings (SSSR count). The summed E-state index contributed by atoms with van der Waals surface area (Å²) < 4.78 is 1.56. The summed E-state index contributed by atoms with van der Waals surface area (Å²) in [4.78, 5) is 11.1. The van der Waals surface area contributed by atoms with Crippen LogP contribution in [0.5, 0.6) is 0 Å². The summed E-state index contributed by atoms with van der Waals surface area (Å²) >= 11 is 6.18. The first-order valence-corrected chi connectivity index (χ1v) is 5.78. The Hall–Kier alpha value is -1.85. The Kier molecular flexibility index (Phi) is 3.64. The van der Waals surface area contributed by atoms with Gasteiger partial charge in [-0.2, -0.15) is 5.10 Å². The summed E-state index contributed by atoms with van der Waals surface area (Å²) in [5.41, 5.74) is 7.30. The van der Waals surface area contributed by atoms with Gasteiger partial charge >= 0.3 is 0 Å². The van der Waals surface area contributed by atoms with Crippen molar-refractivity contribution in [3.8, 4) is 5.69 Å². The van der Waals surface area contributed by atoms with E-state index in [1.165, 1.54) is 6.20 Å². The summed E-state index contributed by atoms with van der Waals surface area (Å²) in [5.74, 6) is -0.511. The molecule has 0 radical (unpaired) electrons. The van der Waals surface area contributed by atoms with Gasteiger partial charge in [0.25, 0.3) is 5.91 Å². The lowest BCUT2D eigenvalue weighted by molar-refractivity contribution is 0.100. The molecule has 0 aliphatic heterocycles. The number of nitrogens with two attached hydrogens (primary N) is 1. The summed E-state index contributed by atoms with van der Waals surface area (Å²) in [5, 5.41) is 7.75. The summed E-state index contributed by atoms with van der Waals surface area (Å²) in [6.07, 6.45) is 3.00. The third-order valence-corrected chi connectivity index (χ3v) is 2.84. The highest BCUT2D eigenvalue weighted by atomic mass is 35.5. The largest absolute Gasteiger partial charge is 0.366 e. The van der Waals surface area contributed by atoms with Gasteiger partial charge in [-0.3, -0.25) is 4.79 Å². The monoisotopic (exact) mass is 264 g/mol. The van der Waals surface area contributed by atoms with Gasteiger partial charge in [0, 0.05) is 12.7 Å². The van der Waals surface area contributed by atoms with Crippen LogP contribution in [0, 0.1) is 0 Å². The zero-order chi connectivity index (χ0) is 13.1. The minimum atomic E-state index is -0.511. The molecule has 1 aromatic heterocycles. The Labute approximate surface area is 110 Å². The molecule has 5 nitrogen and oxygen atoms in total. The lowest BCUT2D eigenvalue weighted by Crippen LogP contribution is -2.11. The molecular formula is C12H13ClN4O. The molecule has 0 bridgehead atoms. The molecule has 0 saturated carbocycles. The number of nitrogens with one attached hydrogen (secondary N) is 1. The predicted octanol–water partition coefficient (Wildman–Crippen LogP) is 1.34. The number of carbonyl (C=O) groups excluding carboxylic acids is 1. The lowest BCUT2D eigenvalue weighted by Gasteiger charge is -2.10. The van der Waals surface area contributed by atoms with Gasteiger partial charge in [-0.05, 0) is 18.7 Å². The number of benzene rings is 1. The highest BCUT2D eigenvalue weighted by Crippen LogP contribution is 2.24. The topological polar surface area (TPSA) is 72.9 Å². The van der Waals surface area contributed by atoms with Crippen LogP contribution in [0.25, 0.3) is 5.69 Å². The molecule has 0 aliphatic rings. The number of rotatable bonds is 4. The number of amides is 1. The first-order valence-electron chi connectivity index (χ1n) is 5.40. The molecule has 0 aliphatic carbocycles. The number of nitrogens with zero attached hydrogens (tertiary/aromatic N) is 2. The smallest absolute Gasteiger partial charge is 0.251 e. The van der Waals surface area contributed by atoms with Gasteiger partial charge in [0.1, 0.15) is 0 Å². The molecule has 1 amide bonds. The van der Waals surface area contributed by atoms with Gasteiger partial charge in [0.05, 0.1) is 22.5 Å². The van der Waals surface area contributed by atoms with Gasteiger partial charge in [-0.15, -0.1) is 0 Å². The van der Waals surface area contributed by atoms with E-state index in [2.05, 4.69) is 10.4 Å². The number of hydrogen-bond donors (Lipinski definition) is 2. The molecule has 0 atom stereocenters. The van der Waals surface area contributed by atoms with E-state index in [0.717, 1.165) is 11.3 Å². The van der Waals surface area contributed by atoms with Gasteiger partial charge in [-0.1, -0.05) is 23.7 Å². The Bertz CT molecular complexity index is 579. The zero-order valence-corrected chi connectivity index (χ0v) is 10.6. The average Bonchev–Trinajstić information content (AvgIpc) is 2.79. The van der Waals surface area contributed by atoms with E-state index in [-0.39, 0.29) is 0 Å². The number of para-hydroxylation sites is 1. The van der Waals surface area contributed by atoms with Crippen LogP contribution in [0.15, 0.2) is 30.6 Å². The second-order valence-corrected chi connectivity index (χ2v) is 4.22. The normalized spacial score (nSPS) is 10.6. The van der Waals surface area contributed by atoms with Crippen LogP contribution < -0.4 is 11.1 Å². The van der Waals surface area contributed by atoms with E-state index >= 15 is 0 Å². The van der Waals surface area contributed by atoms with Crippen LogP contribution in [-0.4, -0.2) is 22.7 Å². The second kappa shape index (κ2) is 5.20. The summed E-state index contributed by atoms with van der Waals surface area (Å²) in [6.45, 7) is 0.654. The second-order valence-electron chi connectivity index (χ2n) is 3.82. The Balaban J connectivity index is 2.51. The van der Waals surface area contributed by atoms with Crippen LogP contribution in [0.1, 0.15) is 15.9 Å². The molecule has 6 heteroatoms. The van der Waals surface area contributed by atoms with Crippen LogP contribution in [-0.2, 0) is 6.54 Å². The Morgan fingerprint density at radius 2 is 2.33 bits per heavy atom. The quantitative estimate of drug-likeness (QED) is 0.875. The van der Waals surface area contributed by atoms with Crippen molar-refractivity contribution in [1.29, 1.82) is 0 Å². The number of hydrogen-bond acceptors (Lipinski definition) is 3. The van der Waals surface area contributed by atoms with Gasteiger partial charge < -0.3 is 11.1 Å². The van der Waals surface area contributed by atoms with Crippen molar-refractivity contribution in [3.63, 3.8) is 0 Å². The maximum atomic E-state index is 11.1. The minimum absolute atomic E-state index is 0.352. The molecule has 0 saturated heterocycles. The van der Waals surface area contributed by atoms with Gasteiger partial charge in [-0.25, -0.2) is 4.68 Å². The standard InChI is InChI=1S/C12H13ClN4O/c1-15-5-8-3-2-4-10(13)11(8)17-7-9(6-16-17)12(14)18/h2-4,6-7,15H,5H2,1H3,(H2,14,18). The van der Waals surface area contributed by atoms with Crippen molar-refractivity contribution < 1.29 is 4.79 Å². The van der Waals surface area contributed by atoms with Crippen LogP contribution in [0.2, 0.25) is 5.02 Å². The minimum Gasteiger partial charge on any atom is -0.366 e. The molecule has 0 unspecified atom stereocenters. The highest BCUT2D eigenvalue weighted by molar-refractivity contribution is 6.32. The van der Waals surface area contributed by atoms with Crippen molar-refractivity contribution in [2.24, 2.45) is 5.73 Å². The predicted molar refractivity (Wildman–Crippen MR) is 69.9 cm³/mol. The zero-order valence-electron chi connectivity index (χ0n) is 9.85. The molecule has 0 fully saturated rings. The Morgan fingerprint density at radius 3 is 2.94 bits per heavy atom. The Morgan fingerprint density at radius 1 is 1.56 bits per heavy atom. The molecule has 3 N–H and O–H groups in total. The molecule has 0 spiro atoms. The first-order chi connectivity index (χ1) is 8.63. The van der Waals surface area contributed by atoms with Crippen LogP contribution in [0.4, 0.5) is 0 Å². The van der Waals surface area contributed by atoms with Gasteiger partial charge in [0.15, 0.2) is 0 Å². The third kappa shape index (κ3) is 2.37. The van der Waals surface area contributed by atoms with E-state index in [9.17, 15) is 4.79 Å². The SMILES string of the molecule is CNCc1cccc(Cl)c1-n1cc(C(N)=O)cn1. The molecule has 94 valence electrons. The maximum Gasteiger partial charge on any atom is 0.251 e. The summed E-state index contributed by atoms with van der Waals surface area (Å²) in [6, 6.07) is 5.60. The molecular weight excluding hydrogens is 252 g/mol. The molecule has 2 aromatic rings. The van der Waals surface area contributed by atoms with Crippen molar-refractivity contribution in [2.75, 3.05) is 7.05 Å². The van der Waals surface area contributed by atoms with E-state index in [1.54, 1.807) is 16.9 Å². The number of primary amides is 1. The number of aromatic nitrogens is 2. The fraction of sp³-hybridized carbons (Fsp3) is 0.167. The van der Waals surface area contributed by atoms with Crippen molar-refractivity contribution >= 4 is 17.5 Å². The van der Waals surface area contributed by atoms with Crippen LogP contribution >= 0.6 is 11.6 Å². The van der Waals surface area contributed by atoms with Crippen molar-refractivity contribution in [3.05, 3.63) is 46.7 Å². The molecule has 1 aromatic carbocycles. The lowest BCUT2D eigenvalue weighted by atomic mass is 10.1. The fourth-order valence-electron chi connectivity index (χ4n) is 1.72. The van der Waals surface area contributed by atoms with E-state index in [0.29, 0.717) is 17.1 Å². The third-order valence-electron chi connectivity index (χ3n) is 2.53. The van der Waals surface area contributed by atoms with Crippen molar-refractivity contribution in [2.45, 2.75) is 6.54 Å². The van der Waals surface area contributed by atoms with E-state index in [4.69, 9.17) is 17.3 Å². The molecule has 18 heavy (non-hydrogen) atoms. The number of carbonyl (C=O) groups is 1. The maximum absolute atomic E-state index is 11.1. The van der Waals surface area contributed by atoms with E-state index < -0.39 is 5.91 Å².